The van der Waals surface area contributed by atoms with Crippen LogP contribution >= 0.6 is 11.6 Å². The fourth-order valence-electron chi connectivity index (χ4n) is 3.13. The van der Waals surface area contributed by atoms with E-state index in [2.05, 4.69) is 0 Å². The fraction of sp³-hybridized carbons (Fsp3) is 0.200. The van der Waals surface area contributed by atoms with Gasteiger partial charge in [0.1, 0.15) is 11.6 Å². The molecule has 0 spiro atoms. The average molecular weight is 374 g/mol. The number of Topliss-reactive ketones (excluding diaryl/α,β-unsaturated/α-hetero) is 1. The highest BCUT2D eigenvalue weighted by Crippen LogP contribution is 2.39. The van der Waals surface area contributed by atoms with Gasteiger partial charge in [-0.1, -0.05) is 42.8 Å². The van der Waals surface area contributed by atoms with Crippen molar-refractivity contribution in [3.8, 4) is 0 Å². The predicted octanol–water partition coefficient (Wildman–Crippen LogP) is 4.31. The van der Waals surface area contributed by atoms with E-state index in [0.717, 1.165) is 0 Å². The summed E-state index contributed by atoms with van der Waals surface area (Å²) in [5.41, 5.74) is 0.888. The molecule has 1 N–H and O–H groups in total. The Labute approximate surface area is 155 Å². The molecule has 4 nitrogen and oxygen atoms in total. The Bertz CT molecular complexity index is 892. The normalized spacial score (nSPS) is 19.2. The van der Waals surface area contributed by atoms with Crippen molar-refractivity contribution in [2.24, 2.45) is 0 Å². The van der Waals surface area contributed by atoms with Gasteiger partial charge in [0.25, 0.3) is 11.7 Å². The number of hydrogen-bond donors (Lipinski definition) is 1. The summed E-state index contributed by atoms with van der Waals surface area (Å²) in [4.78, 5) is 26.5. The molecule has 1 atom stereocenters. The van der Waals surface area contributed by atoms with Crippen LogP contribution in [0.1, 0.15) is 30.5 Å². The molecule has 1 aliphatic heterocycles. The average Bonchev–Trinajstić information content (AvgIpc) is 2.87. The molecule has 1 heterocycles. The number of hydrogen-bond acceptors (Lipinski definition) is 3. The maximum absolute atomic E-state index is 13.3. The van der Waals surface area contributed by atoms with Crippen molar-refractivity contribution in [2.45, 2.75) is 19.4 Å². The number of aliphatic hydroxyl groups is 1. The van der Waals surface area contributed by atoms with E-state index in [1.165, 1.54) is 35.2 Å². The molecular formula is C20H17ClFNO3. The van der Waals surface area contributed by atoms with Gasteiger partial charge in [-0.05, 0) is 36.2 Å². The zero-order valence-electron chi connectivity index (χ0n) is 14.1. The van der Waals surface area contributed by atoms with Gasteiger partial charge in [0.2, 0.25) is 0 Å². The van der Waals surface area contributed by atoms with E-state index in [9.17, 15) is 19.1 Å². The van der Waals surface area contributed by atoms with Crippen molar-refractivity contribution in [3.63, 3.8) is 0 Å². The summed E-state index contributed by atoms with van der Waals surface area (Å²) in [7, 11) is 0. The van der Waals surface area contributed by atoms with Crippen molar-refractivity contribution in [2.75, 3.05) is 6.54 Å². The molecule has 2 aromatic rings. The third-order valence-corrected chi connectivity index (χ3v) is 4.52. The lowest BCUT2D eigenvalue weighted by atomic mass is 9.95. The molecule has 1 saturated heterocycles. The summed E-state index contributed by atoms with van der Waals surface area (Å²) in [5, 5.41) is 11.2. The number of carbonyl (C=O) groups excluding carboxylic acids is 2. The van der Waals surface area contributed by atoms with Gasteiger partial charge in [0, 0.05) is 17.1 Å². The van der Waals surface area contributed by atoms with Gasteiger partial charge >= 0.3 is 0 Å². The van der Waals surface area contributed by atoms with Gasteiger partial charge < -0.3 is 10.0 Å². The molecule has 1 amide bonds. The van der Waals surface area contributed by atoms with E-state index in [0.29, 0.717) is 29.1 Å². The molecular weight excluding hydrogens is 357 g/mol. The summed E-state index contributed by atoms with van der Waals surface area (Å²) in [6.07, 6.45) is 0.641. The van der Waals surface area contributed by atoms with Gasteiger partial charge in [0.05, 0.1) is 11.6 Å². The van der Waals surface area contributed by atoms with Crippen LogP contribution in [0.4, 0.5) is 4.39 Å². The van der Waals surface area contributed by atoms with E-state index >= 15 is 0 Å². The van der Waals surface area contributed by atoms with Gasteiger partial charge in [-0.25, -0.2) is 4.39 Å². The van der Waals surface area contributed by atoms with Crippen LogP contribution in [0, 0.1) is 5.82 Å². The smallest absolute Gasteiger partial charge is 0.295 e. The van der Waals surface area contributed by atoms with E-state index in [1.54, 1.807) is 18.2 Å². The Morgan fingerprint density at radius 2 is 1.88 bits per heavy atom. The molecule has 0 saturated carbocycles. The molecule has 0 aromatic heterocycles. The van der Waals surface area contributed by atoms with Gasteiger partial charge in [-0.3, -0.25) is 9.59 Å². The van der Waals surface area contributed by atoms with Crippen LogP contribution in [-0.2, 0) is 9.59 Å². The highest BCUT2D eigenvalue weighted by Gasteiger charge is 2.45. The standard InChI is InChI=1S/C20H17ClFNO3/c1-2-10-23-17(12-6-8-15(22)9-7-12)16(19(25)20(23)26)18(24)13-4-3-5-14(21)11-13/h3-9,11,17,24H,2,10H2,1H3/b18-16-. The summed E-state index contributed by atoms with van der Waals surface area (Å²) in [5.74, 6) is -2.15. The highest BCUT2D eigenvalue weighted by molar-refractivity contribution is 6.46. The Morgan fingerprint density at radius 3 is 2.50 bits per heavy atom. The number of nitrogens with zero attached hydrogens (tertiary/aromatic N) is 1. The molecule has 2 aromatic carbocycles. The van der Waals surface area contributed by atoms with Gasteiger partial charge in [-0.15, -0.1) is 0 Å². The van der Waals surface area contributed by atoms with Crippen molar-refractivity contribution in [1.29, 1.82) is 0 Å². The number of amides is 1. The van der Waals surface area contributed by atoms with Crippen molar-refractivity contribution < 1.29 is 19.1 Å². The minimum Gasteiger partial charge on any atom is -0.507 e. The molecule has 26 heavy (non-hydrogen) atoms. The molecule has 6 heteroatoms. The molecule has 0 bridgehead atoms. The molecule has 1 fully saturated rings. The maximum atomic E-state index is 13.3. The number of benzene rings is 2. The van der Waals surface area contributed by atoms with E-state index in [1.807, 2.05) is 6.92 Å². The van der Waals surface area contributed by atoms with Crippen LogP contribution in [-0.4, -0.2) is 28.2 Å². The second kappa shape index (κ2) is 7.30. The van der Waals surface area contributed by atoms with E-state index < -0.39 is 23.5 Å². The number of ketones is 1. The lowest BCUT2D eigenvalue weighted by Gasteiger charge is -2.24. The second-order valence-corrected chi connectivity index (χ2v) is 6.49. The lowest BCUT2D eigenvalue weighted by molar-refractivity contribution is -0.139. The van der Waals surface area contributed by atoms with Crippen LogP contribution < -0.4 is 0 Å². The first-order valence-corrected chi connectivity index (χ1v) is 8.61. The Morgan fingerprint density at radius 1 is 1.19 bits per heavy atom. The van der Waals surface area contributed by atoms with Crippen LogP contribution in [0.25, 0.3) is 5.76 Å². The summed E-state index contributed by atoms with van der Waals surface area (Å²) < 4.78 is 13.3. The molecule has 1 unspecified atom stereocenters. The third kappa shape index (κ3) is 3.22. The van der Waals surface area contributed by atoms with Gasteiger partial charge in [-0.2, -0.15) is 0 Å². The zero-order valence-corrected chi connectivity index (χ0v) is 14.8. The SMILES string of the molecule is CCCN1C(=O)C(=O)/C(=C(\O)c2cccc(Cl)c2)C1c1ccc(F)cc1. The van der Waals surface area contributed by atoms with Crippen LogP contribution in [0.5, 0.6) is 0 Å². The molecule has 3 rings (SSSR count). The zero-order chi connectivity index (χ0) is 18.8. The highest BCUT2D eigenvalue weighted by atomic mass is 35.5. The van der Waals surface area contributed by atoms with Crippen LogP contribution in [0.15, 0.2) is 54.1 Å². The number of aliphatic hydroxyl groups excluding tert-OH is 1. The summed E-state index contributed by atoms with van der Waals surface area (Å²) in [6, 6.07) is 11.2. The lowest BCUT2D eigenvalue weighted by Crippen LogP contribution is -2.30. The summed E-state index contributed by atoms with van der Waals surface area (Å²) >= 11 is 5.97. The molecule has 0 aliphatic carbocycles. The number of likely N-dealkylation sites (tertiary alicyclic amines) is 1. The second-order valence-electron chi connectivity index (χ2n) is 6.05. The van der Waals surface area contributed by atoms with Crippen molar-refractivity contribution in [3.05, 3.63) is 76.1 Å². The Kier molecular flexibility index (Phi) is 5.09. The number of halogens is 2. The monoisotopic (exact) mass is 373 g/mol. The molecule has 1 aliphatic rings. The van der Waals surface area contributed by atoms with Crippen LogP contribution in [0.2, 0.25) is 5.02 Å². The summed E-state index contributed by atoms with van der Waals surface area (Å²) in [6.45, 7) is 2.23. The molecule has 134 valence electrons. The van der Waals surface area contributed by atoms with Crippen molar-refractivity contribution in [1.82, 2.24) is 4.90 Å². The first kappa shape index (κ1) is 18.1. The van der Waals surface area contributed by atoms with E-state index in [4.69, 9.17) is 11.6 Å². The minimum absolute atomic E-state index is 0.0164. The molecule has 0 radical (unpaired) electrons. The van der Waals surface area contributed by atoms with E-state index in [-0.39, 0.29) is 11.3 Å². The van der Waals surface area contributed by atoms with Crippen molar-refractivity contribution >= 4 is 29.1 Å². The Balaban J connectivity index is 2.19. The first-order valence-electron chi connectivity index (χ1n) is 8.24. The predicted molar refractivity (Wildman–Crippen MR) is 97.2 cm³/mol. The topological polar surface area (TPSA) is 57.6 Å². The quantitative estimate of drug-likeness (QED) is 0.493. The number of rotatable bonds is 4. The Hall–Kier alpha value is -2.66. The van der Waals surface area contributed by atoms with Gasteiger partial charge in [0.15, 0.2) is 0 Å². The number of carbonyl (C=O) groups is 2. The van der Waals surface area contributed by atoms with Crippen LogP contribution in [0.3, 0.4) is 0 Å². The minimum atomic E-state index is -0.769. The fourth-order valence-corrected chi connectivity index (χ4v) is 3.32. The largest absolute Gasteiger partial charge is 0.507 e. The maximum Gasteiger partial charge on any atom is 0.295 e. The third-order valence-electron chi connectivity index (χ3n) is 4.29. The first-order chi connectivity index (χ1) is 12.4.